The zero-order chi connectivity index (χ0) is 17.1. The van der Waals surface area contributed by atoms with Crippen molar-refractivity contribution in [3.05, 3.63) is 59.3 Å². The van der Waals surface area contributed by atoms with Crippen molar-refractivity contribution >= 4 is 11.5 Å². The van der Waals surface area contributed by atoms with Gasteiger partial charge in [-0.05, 0) is 28.8 Å². The molecule has 0 amide bonds. The second-order valence-electron chi connectivity index (χ2n) is 5.44. The van der Waals surface area contributed by atoms with Gasteiger partial charge in [-0.15, -0.1) is 0 Å². The third kappa shape index (κ3) is 3.40. The number of methoxy groups -OCH3 is 1. The van der Waals surface area contributed by atoms with E-state index in [1.807, 2.05) is 6.07 Å². The highest BCUT2D eigenvalue weighted by Gasteiger charge is 2.22. The number of nitrogens with zero attached hydrogens (tertiary/aromatic N) is 3. The van der Waals surface area contributed by atoms with E-state index in [0.29, 0.717) is 23.4 Å². The molecule has 0 aromatic carbocycles. The van der Waals surface area contributed by atoms with Crippen LogP contribution >= 0.6 is 0 Å². The van der Waals surface area contributed by atoms with Crippen LogP contribution in [0.1, 0.15) is 23.1 Å². The van der Waals surface area contributed by atoms with Crippen molar-refractivity contribution in [1.82, 2.24) is 15.0 Å². The summed E-state index contributed by atoms with van der Waals surface area (Å²) in [5.74, 6) is -0.176. The number of pyridine rings is 1. The van der Waals surface area contributed by atoms with Crippen molar-refractivity contribution < 1.29 is 13.5 Å². The molecule has 2 N–H and O–H groups in total. The first-order valence-corrected chi connectivity index (χ1v) is 7.37. The molecule has 24 heavy (non-hydrogen) atoms. The van der Waals surface area contributed by atoms with Gasteiger partial charge in [-0.3, -0.25) is 0 Å². The van der Waals surface area contributed by atoms with Crippen molar-refractivity contribution in [2.75, 3.05) is 12.8 Å². The Hall–Kier alpha value is -2.83. The molecule has 1 unspecified atom stereocenters. The second-order valence-corrected chi connectivity index (χ2v) is 5.44. The second kappa shape index (κ2) is 6.74. The lowest BCUT2D eigenvalue weighted by molar-refractivity contribution is 0.328. The highest BCUT2D eigenvalue weighted by atomic mass is 19.2. The molecule has 0 radical (unpaired) electrons. The van der Waals surface area contributed by atoms with Crippen LogP contribution < -0.4 is 10.5 Å². The molecule has 124 valence electrons. The van der Waals surface area contributed by atoms with Crippen molar-refractivity contribution in [2.24, 2.45) is 0 Å². The fraction of sp³-hybridized carbons (Fsp3) is 0.235. The van der Waals surface area contributed by atoms with E-state index >= 15 is 0 Å². The van der Waals surface area contributed by atoms with E-state index in [1.54, 1.807) is 24.7 Å². The highest BCUT2D eigenvalue weighted by Crippen LogP contribution is 2.34. The van der Waals surface area contributed by atoms with Gasteiger partial charge < -0.3 is 10.5 Å². The van der Waals surface area contributed by atoms with Crippen molar-refractivity contribution in [2.45, 2.75) is 19.0 Å². The Kier molecular flexibility index (Phi) is 4.50. The summed E-state index contributed by atoms with van der Waals surface area (Å²) in [5.41, 5.74) is 8.52. The lowest BCUT2D eigenvalue weighted by Gasteiger charge is -2.17. The van der Waals surface area contributed by atoms with Crippen LogP contribution in [0, 0.1) is 0 Å². The molecule has 0 fully saturated rings. The molecule has 2 aromatic heterocycles. The number of nitrogens with two attached hydrogens (primary N) is 1. The third-order valence-electron chi connectivity index (χ3n) is 3.72. The first-order valence-electron chi connectivity index (χ1n) is 7.37. The van der Waals surface area contributed by atoms with Gasteiger partial charge in [-0.25, -0.2) is 23.7 Å². The van der Waals surface area contributed by atoms with E-state index in [-0.39, 0.29) is 12.4 Å². The number of alkyl halides is 1. The third-order valence-corrected chi connectivity index (χ3v) is 3.72. The van der Waals surface area contributed by atoms with Crippen LogP contribution in [0.25, 0.3) is 5.57 Å². The number of rotatable bonds is 4. The highest BCUT2D eigenvalue weighted by molar-refractivity contribution is 5.73. The van der Waals surface area contributed by atoms with Crippen molar-refractivity contribution in [3.8, 4) is 5.88 Å². The van der Waals surface area contributed by atoms with E-state index in [2.05, 4.69) is 15.0 Å². The average Bonchev–Trinajstić information content (AvgIpc) is 2.59. The van der Waals surface area contributed by atoms with Crippen LogP contribution in [0.2, 0.25) is 0 Å². The molecule has 2 heterocycles. The molecule has 0 saturated carbocycles. The van der Waals surface area contributed by atoms with Gasteiger partial charge in [0.2, 0.25) is 11.8 Å². The van der Waals surface area contributed by atoms with E-state index in [0.717, 1.165) is 17.2 Å². The molecule has 0 saturated heterocycles. The summed E-state index contributed by atoms with van der Waals surface area (Å²) >= 11 is 0. The molecule has 2 aromatic rings. The first-order chi connectivity index (χ1) is 11.6. The van der Waals surface area contributed by atoms with Crippen LogP contribution in [0.3, 0.4) is 0 Å². The summed E-state index contributed by atoms with van der Waals surface area (Å²) in [4.78, 5) is 12.2. The maximum atomic E-state index is 13.7. The maximum absolute atomic E-state index is 13.7. The monoisotopic (exact) mass is 330 g/mol. The summed E-state index contributed by atoms with van der Waals surface area (Å²) in [5, 5.41) is 0. The minimum atomic E-state index is -1.64. The number of anilines is 1. The SMILES string of the molecule is COc1ncc(Cc2cnc(N)nc2)cc1C1=CC=C(F)C(F)C1. The molecule has 0 aliphatic heterocycles. The van der Waals surface area contributed by atoms with Gasteiger partial charge in [0.1, 0.15) is 5.83 Å². The van der Waals surface area contributed by atoms with E-state index in [9.17, 15) is 8.78 Å². The molecular weight excluding hydrogens is 314 g/mol. The largest absolute Gasteiger partial charge is 0.481 e. The predicted octanol–water partition coefficient (Wildman–Crippen LogP) is 3.03. The summed E-state index contributed by atoms with van der Waals surface area (Å²) in [7, 11) is 1.49. The first kappa shape index (κ1) is 16.0. The Morgan fingerprint density at radius 3 is 2.54 bits per heavy atom. The van der Waals surface area contributed by atoms with Gasteiger partial charge in [0.05, 0.1) is 7.11 Å². The molecule has 1 aliphatic rings. The number of aromatic nitrogens is 3. The number of ether oxygens (including phenoxy) is 1. The Balaban J connectivity index is 1.92. The Bertz CT molecular complexity index is 803. The fourth-order valence-electron chi connectivity index (χ4n) is 2.52. The zero-order valence-corrected chi connectivity index (χ0v) is 13.0. The van der Waals surface area contributed by atoms with E-state index in [1.165, 1.54) is 7.11 Å². The number of hydrogen-bond donors (Lipinski definition) is 1. The predicted molar refractivity (Wildman–Crippen MR) is 86.7 cm³/mol. The lowest BCUT2D eigenvalue weighted by atomic mass is 9.95. The molecule has 0 bridgehead atoms. The van der Waals surface area contributed by atoms with Crippen LogP contribution in [0.5, 0.6) is 5.88 Å². The molecule has 0 spiro atoms. The number of hydrogen-bond acceptors (Lipinski definition) is 5. The van der Waals surface area contributed by atoms with Gasteiger partial charge in [-0.2, -0.15) is 0 Å². The summed E-state index contributed by atoms with van der Waals surface area (Å²) < 4.78 is 32.1. The number of allylic oxidation sites excluding steroid dienone is 4. The summed E-state index contributed by atoms with van der Waals surface area (Å²) in [6.07, 6.45) is 6.51. The topological polar surface area (TPSA) is 73.9 Å². The van der Waals surface area contributed by atoms with Gasteiger partial charge in [0.15, 0.2) is 6.17 Å². The molecule has 1 atom stereocenters. The number of halogens is 2. The van der Waals surface area contributed by atoms with Crippen molar-refractivity contribution in [1.29, 1.82) is 0 Å². The molecule has 1 aliphatic carbocycles. The van der Waals surface area contributed by atoms with E-state index < -0.39 is 12.0 Å². The van der Waals surface area contributed by atoms with Crippen LogP contribution in [-0.4, -0.2) is 28.2 Å². The van der Waals surface area contributed by atoms with Gasteiger partial charge in [-0.1, -0.05) is 6.08 Å². The number of nitrogen functional groups attached to an aromatic ring is 1. The Labute approximate surface area is 137 Å². The smallest absolute Gasteiger partial charge is 0.220 e. The van der Waals surface area contributed by atoms with Gasteiger partial charge in [0.25, 0.3) is 0 Å². The fourth-order valence-corrected chi connectivity index (χ4v) is 2.52. The maximum Gasteiger partial charge on any atom is 0.220 e. The molecule has 5 nitrogen and oxygen atoms in total. The van der Waals surface area contributed by atoms with Crippen LogP contribution in [-0.2, 0) is 6.42 Å². The minimum absolute atomic E-state index is 0.0468. The molecular formula is C17H16F2N4O. The Morgan fingerprint density at radius 1 is 1.17 bits per heavy atom. The van der Waals surface area contributed by atoms with Crippen LogP contribution in [0.4, 0.5) is 14.7 Å². The van der Waals surface area contributed by atoms with Gasteiger partial charge in [0, 0.05) is 37.0 Å². The normalized spacial score (nSPS) is 17.2. The summed E-state index contributed by atoms with van der Waals surface area (Å²) in [6.45, 7) is 0. The zero-order valence-electron chi connectivity index (χ0n) is 13.0. The van der Waals surface area contributed by atoms with E-state index in [4.69, 9.17) is 10.5 Å². The average molecular weight is 330 g/mol. The lowest BCUT2D eigenvalue weighted by Crippen LogP contribution is -2.08. The van der Waals surface area contributed by atoms with Crippen molar-refractivity contribution in [3.63, 3.8) is 0 Å². The minimum Gasteiger partial charge on any atom is -0.481 e. The quantitative estimate of drug-likeness (QED) is 0.933. The van der Waals surface area contributed by atoms with Gasteiger partial charge >= 0.3 is 0 Å². The Morgan fingerprint density at radius 2 is 1.88 bits per heavy atom. The molecule has 7 heteroatoms. The molecule has 3 rings (SSSR count). The van der Waals surface area contributed by atoms with Crippen LogP contribution in [0.15, 0.2) is 42.6 Å². The summed E-state index contributed by atoms with van der Waals surface area (Å²) in [6, 6.07) is 1.86. The standard InChI is InChI=1S/C17H16F2N4O/c1-24-16-13(12-2-3-14(18)15(19)6-12)5-10(7-21-16)4-11-8-22-17(20)23-9-11/h2-3,5,7-9,15H,4,6H2,1H3,(H2,20,22,23).